The SMILES string of the molecule is CCc1ccc2nc(N3CCNCC3)[nH]c2c1. The van der Waals surface area contributed by atoms with Gasteiger partial charge >= 0.3 is 0 Å². The summed E-state index contributed by atoms with van der Waals surface area (Å²) in [6, 6.07) is 6.47. The lowest BCUT2D eigenvalue weighted by atomic mass is 10.1. The minimum atomic E-state index is 1.01. The molecule has 1 fully saturated rings. The van der Waals surface area contributed by atoms with Crippen LogP contribution in [0.25, 0.3) is 11.0 Å². The average Bonchev–Trinajstić information content (AvgIpc) is 2.82. The van der Waals surface area contributed by atoms with Gasteiger partial charge in [0.2, 0.25) is 5.95 Å². The minimum Gasteiger partial charge on any atom is -0.340 e. The van der Waals surface area contributed by atoms with E-state index in [0.717, 1.165) is 49.6 Å². The summed E-state index contributed by atoms with van der Waals surface area (Å²) in [6.07, 6.45) is 1.07. The molecule has 0 unspecified atom stereocenters. The summed E-state index contributed by atoms with van der Waals surface area (Å²) in [5.74, 6) is 1.01. The third kappa shape index (κ3) is 2.00. The average molecular weight is 230 g/mol. The number of benzene rings is 1. The van der Waals surface area contributed by atoms with Gasteiger partial charge < -0.3 is 15.2 Å². The Morgan fingerprint density at radius 2 is 2.12 bits per heavy atom. The maximum absolute atomic E-state index is 4.65. The molecule has 4 heteroatoms. The van der Waals surface area contributed by atoms with Crippen LogP contribution in [-0.4, -0.2) is 36.1 Å². The van der Waals surface area contributed by atoms with E-state index in [-0.39, 0.29) is 0 Å². The van der Waals surface area contributed by atoms with Crippen molar-refractivity contribution < 1.29 is 0 Å². The van der Waals surface area contributed by atoms with Gasteiger partial charge in [0.15, 0.2) is 0 Å². The number of nitrogens with zero attached hydrogens (tertiary/aromatic N) is 2. The van der Waals surface area contributed by atoms with Gasteiger partial charge in [0.1, 0.15) is 0 Å². The second-order valence-electron chi connectivity index (χ2n) is 4.50. The molecule has 0 bridgehead atoms. The molecule has 0 radical (unpaired) electrons. The van der Waals surface area contributed by atoms with Crippen molar-refractivity contribution >= 4 is 17.0 Å². The first-order valence-corrected chi connectivity index (χ1v) is 6.31. The highest BCUT2D eigenvalue weighted by molar-refractivity contribution is 5.78. The van der Waals surface area contributed by atoms with Crippen molar-refractivity contribution in [2.24, 2.45) is 0 Å². The van der Waals surface area contributed by atoms with Crippen LogP contribution >= 0.6 is 0 Å². The van der Waals surface area contributed by atoms with E-state index in [1.807, 2.05) is 0 Å². The predicted octanol–water partition coefficient (Wildman–Crippen LogP) is 1.53. The molecule has 2 heterocycles. The van der Waals surface area contributed by atoms with E-state index in [4.69, 9.17) is 0 Å². The van der Waals surface area contributed by atoms with E-state index in [0.29, 0.717) is 0 Å². The lowest BCUT2D eigenvalue weighted by molar-refractivity contribution is 0.582. The number of aryl methyl sites for hydroxylation is 1. The molecule has 4 nitrogen and oxygen atoms in total. The fraction of sp³-hybridized carbons (Fsp3) is 0.462. The lowest BCUT2D eigenvalue weighted by Crippen LogP contribution is -2.44. The number of anilines is 1. The van der Waals surface area contributed by atoms with Crippen LogP contribution in [0.2, 0.25) is 0 Å². The highest BCUT2D eigenvalue weighted by Crippen LogP contribution is 2.19. The maximum Gasteiger partial charge on any atom is 0.203 e. The van der Waals surface area contributed by atoms with Crippen molar-refractivity contribution in [2.75, 3.05) is 31.1 Å². The number of H-pyrrole nitrogens is 1. The van der Waals surface area contributed by atoms with E-state index in [9.17, 15) is 0 Å². The van der Waals surface area contributed by atoms with Gasteiger partial charge in [-0.2, -0.15) is 0 Å². The number of aromatic amines is 1. The largest absolute Gasteiger partial charge is 0.340 e. The Morgan fingerprint density at radius 3 is 2.88 bits per heavy atom. The predicted molar refractivity (Wildman–Crippen MR) is 70.6 cm³/mol. The summed E-state index contributed by atoms with van der Waals surface area (Å²) in [4.78, 5) is 10.4. The minimum absolute atomic E-state index is 1.01. The topological polar surface area (TPSA) is 44.0 Å². The first-order chi connectivity index (χ1) is 8.36. The van der Waals surface area contributed by atoms with Crippen molar-refractivity contribution in [1.29, 1.82) is 0 Å². The molecule has 90 valence electrons. The second kappa shape index (κ2) is 4.37. The van der Waals surface area contributed by atoms with Gasteiger partial charge in [0.25, 0.3) is 0 Å². The third-order valence-corrected chi connectivity index (χ3v) is 3.36. The summed E-state index contributed by atoms with van der Waals surface area (Å²) in [6.45, 7) is 6.31. The van der Waals surface area contributed by atoms with Crippen molar-refractivity contribution in [3.05, 3.63) is 23.8 Å². The van der Waals surface area contributed by atoms with Crippen LogP contribution in [0.1, 0.15) is 12.5 Å². The molecular formula is C13H18N4. The number of hydrogen-bond donors (Lipinski definition) is 2. The Kier molecular flexibility index (Phi) is 2.73. The number of fused-ring (bicyclic) bond motifs is 1. The van der Waals surface area contributed by atoms with Gasteiger partial charge in [-0.1, -0.05) is 13.0 Å². The van der Waals surface area contributed by atoms with Crippen molar-refractivity contribution in [1.82, 2.24) is 15.3 Å². The van der Waals surface area contributed by atoms with E-state index >= 15 is 0 Å². The number of piperazine rings is 1. The molecule has 3 rings (SSSR count). The maximum atomic E-state index is 4.65. The van der Waals surface area contributed by atoms with E-state index < -0.39 is 0 Å². The van der Waals surface area contributed by atoms with E-state index in [2.05, 4.69) is 45.3 Å². The van der Waals surface area contributed by atoms with Crippen molar-refractivity contribution in [3.63, 3.8) is 0 Å². The summed E-state index contributed by atoms with van der Waals surface area (Å²) < 4.78 is 0. The zero-order chi connectivity index (χ0) is 11.7. The van der Waals surface area contributed by atoms with Gasteiger partial charge in [0, 0.05) is 26.2 Å². The van der Waals surface area contributed by atoms with Gasteiger partial charge in [-0.15, -0.1) is 0 Å². The molecule has 17 heavy (non-hydrogen) atoms. The normalized spacial score (nSPS) is 16.6. The van der Waals surface area contributed by atoms with Crippen LogP contribution in [0.4, 0.5) is 5.95 Å². The number of imidazole rings is 1. The zero-order valence-corrected chi connectivity index (χ0v) is 10.2. The van der Waals surface area contributed by atoms with Crippen LogP contribution in [0.15, 0.2) is 18.2 Å². The highest BCUT2D eigenvalue weighted by atomic mass is 15.3. The molecule has 0 atom stereocenters. The van der Waals surface area contributed by atoms with Gasteiger partial charge in [-0.3, -0.25) is 0 Å². The second-order valence-corrected chi connectivity index (χ2v) is 4.50. The van der Waals surface area contributed by atoms with Crippen LogP contribution in [0.5, 0.6) is 0 Å². The zero-order valence-electron chi connectivity index (χ0n) is 10.2. The molecule has 2 N–H and O–H groups in total. The van der Waals surface area contributed by atoms with Gasteiger partial charge in [-0.25, -0.2) is 4.98 Å². The lowest BCUT2D eigenvalue weighted by Gasteiger charge is -2.26. The molecular weight excluding hydrogens is 212 g/mol. The number of nitrogens with one attached hydrogen (secondary N) is 2. The Bertz CT molecular complexity index is 511. The van der Waals surface area contributed by atoms with Crippen molar-refractivity contribution in [3.8, 4) is 0 Å². The first kappa shape index (κ1) is 10.6. The summed E-state index contributed by atoms with van der Waals surface area (Å²) >= 11 is 0. The summed E-state index contributed by atoms with van der Waals surface area (Å²) in [5.41, 5.74) is 3.57. The molecule has 0 saturated carbocycles. The quantitative estimate of drug-likeness (QED) is 0.822. The van der Waals surface area contributed by atoms with E-state index in [1.165, 1.54) is 5.56 Å². The van der Waals surface area contributed by atoms with Crippen LogP contribution in [-0.2, 0) is 6.42 Å². The molecule has 1 aliphatic rings. The fourth-order valence-electron chi connectivity index (χ4n) is 2.29. The summed E-state index contributed by atoms with van der Waals surface area (Å²) in [5, 5.41) is 3.35. The van der Waals surface area contributed by atoms with Gasteiger partial charge in [0.05, 0.1) is 11.0 Å². The van der Waals surface area contributed by atoms with Crippen LogP contribution in [0.3, 0.4) is 0 Å². The van der Waals surface area contributed by atoms with Crippen LogP contribution < -0.4 is 10.2 Å². The Hall–Kier alpha value is -1.55. The monoisotopic (exact) mass is 230 g/mol. The molecule has 0 aliphatic carbocycles. The van der Waals surface area contributed by atoms with E-state index in [1.54, 1.807) is 0 Å². The third-order valence-electron chi connectivity index (χ3n) is 3.36. The smallest absolute Gasteiger partial charge is 0.203 e. The van der Waals surface area contributed by atoms with Crippen LogP contribution in [0, 0.1) is 0 Å². The molecule has 0 amide bonds. The number of hydrogen-bond acceptors (Lipinski definition) is 3. The Morgan fingerprint density at radius 1 is 1.29 bits per heavy atom. The molecule has 1 saturated heterocycles. The number of rotatable bonds is 2. The molecule has 1 aliphatic heterocycles. The molecule has 1 aromatic carbocycles. The Balaban J connectivity index is 1.95. The molecule has 0 spiro atoms. The fourth-order valence-corrected chi connectivity index (χ4v) is 2.29. The molecule has 2 aromatic rings. The standard InChI is InChI=1S/C13H18N4/c1-2-10-3-4-11-12(9-10)16-13(15-11)17-7-5-14-6-8-17/h3-4,9,14H,2,5-8H2,1H3,(H,15,16). The molecule has 1 aromatic heterocycles. The first-order valence-electron chi connectivity index (χ1n) is 6.31. The van der Waals surface area contributed by atoms with Gasteiger partial charge in [-0.05, 0) is 24.1 Å². The number of aromatic nitrogens is 2. The highest BCUT2D eigenvalue weighted by Gasteiger charge is 2.13. The van der Waals surface area contributed by atoms with Crippen molar-refractivity contribution in [2.45, 2.75) is 13.3 Å². The Labute approximate surface area is 101 Å². The summed E-state index contributed by atoms with van der Waals surface area (Å²) in [7, 11) is 0.